The summed E-state index contributed by atoms with van der Waals surface area (Å²) < 4.78 is 3.45. The number of allylic oxidation sites excluding steroid dienone is 5. The van der Waals surface area contributed by atoms with Crippen LogP contribution >= 0.6 is 0 Å². The first-order valence-corrected chi connectivity index (χ1v) is 8.23. The van der Waals surface area contributed by atoms with E-state index in [1.54, 1.807) is 6.56 Å². The summed E-state index contributed by atoms with van der Waals surface area (Å²) in [5.41, 5.74) is 2.99. The second kappa shape index (κ2) is 6.38. The topological polar surface area (TPSA) is 0 Å². The van der Waals surface area contributed by atoms with E-state index in [4.69, 9.17) is 0 Å². The van der Waals surface area contributed by atoms with Gasteiger partial charge in [0.15, 0.2) is 0 Å². The molecule has 0 N–H and O–H groups in total. The van der Waals surface area contributed by atoms with Gasteiger partial charge in [0.25, 0.3) is 0 Å². The standard InChI is InChI=1S/C10H9.C5H5.2FH.Zr/c1-8-6-7-9-4-2-3-5-10(8)9;1-2-4-5-3-1;;;/h2-5,7-8H,1H3;1-3H,4H2;2*1H;/q;;;;+2/p-2. The number of fused-ring (bicyclic) bond motifs is 1. The van der Waals surface area contributed by atoms with E-state index in [1.165, 1.54) is 17.5 Å². The van der Waals surface area contributed by atoms with Crippen molar-refractivity contribution >= 4 is 6.08 Å². The van der Waals surface area contributed by atoms with Gasteiger partial charge in [0.05, 0.1) is 0 Å². The molecule has 0 aliphatic heterocycles. The minimum atomic E-state index is -0.485. The molecular formula is C15H14F2Zr. The number of benzene rings is 1. The van der Waals surface area contributed by atoms with Crippen LogP contribution in [0.1, 0.15) is 30.4 Å². The van der Waals surface area contributed by atoms with Crippen molar-refractivity contribution in [1.29, 1.82) is 0 Å². The van der Waals surface area contributed by atoms with Gasteiger partial charge in [-0.3, -0.25) is 0 Å². The maximum atomic E-state index is 2.45. The van der Waals surface area contributed by atoms with Crippen LogP contribution in [-0.4, -0.2) is 0 Å². The van der Waals surface area contributed by atoms with Gasteiger partial charge in [-0.1, -0.05) is 0 Å². The van der Waals surface area contributed by atoms with Crippen LogP contribution in [0.25, 0.3) is 6.08 Å². The zero-order valence-corrected chi connectivity index (χ0v) is 12.6. The van der Waals surface area contributed by atoms with Crippen LogP contribution in [0.2, 0.25) is 0 Å². The van der Waals surface area contributed by atoms with E-state index >= 15 is 0 Å². The SMILES string of the molecule is CC1[C]([Zr+2][C]2=CC=CC2)=Cc2ccccc21.[F-].[F-]. The molecule has 1 aromatic rings. The molecule has 0 amide bonds. The summed E-state index contributed by atoms with van der Waals surface area (Å²) >= 11 is -0.485. The third-order valence-corrected chi connectivity index (χ3v) is 7.15. The maximum absolute atomic E-state index is 2.45. The number of hydrogen-bond donors (Lipinski definition) is 0. The first kappa shape index (κ1) is 15.2. The van der Waals surface area contributed by atoms with Crippen molar-refractivity contribution in [1.82, 2.24) is 0 Å². The average molecular weight is 323 g/mol. The largest absolute Gasteiger partial charge is 1.00 e. The van der Waals surface area contributed by atoms with Crippen LogP contribution in [-0.2, 0) is 23.2 Å². The molecule has 18 heavy (non-hydrogen) atoms. The Morgan fingerprint density at radius 2 is 1.94 bits per heavy atom. The summed E-state index contributed by atoms with van der Waals surface area (Å²) in [4.78, 5) is 0. The van der Waals surface area contributed by atoms with E-state index in [0.29, 0.717) is 5.92 Å². The van der Waals surface area contributed by atoms with E-state index in [9.17, 15) is 0 Å². The van der Waals surface area contributed by atoms with Gasteiger partial charge in [-0.05, 0) is 0 Å². The quantitative estimate of drug-likeness (QED) is 0.595. The molecule has 0 radical (unpaired) electrons. The fourth-order valence-electron chi connectivity index (χ4n) is 2.37. The van der Waals surface area contributed by atoms with Crippen molar-refractivity contribution in [3.63, 3.8) is 0 Å². The Morgan fingerprint density at radius 3 is 2.61 bits per heavy atom. The zero-order valence-electron chi connectivity index (χ0n) is 10.2. The van der Waals surface area contributed by atoms with Crippen molar-refractivity contribution in [2.24, 2.45) is 0 Å². The van der Waals surface area contributed by atoms with E-state index in [1.807, 2.05) is 0 Å². The van der Waals surface area contributed by atoms with Crippen LogP contribution < -0.4 is 9.41 Å². The summed E-state index contributed by atoms with van der Waals surface area (Å²) in [5.74, 6) is 0.671. The molecule has 0 fully saturated rings. The molecule has 2 aliphatic carbocycles. The van der Waals surface area contributed by atoms with Crippen molar-refractivity contribution in [2.45, 2.75) is 19.3 Å². The smallest absolute Gasteiger partial charge is 1.00 e. The normalized spacial score (nSPS) is 19.1. The first-order chi connectivity index (χ1) is 7.84. The molecule has 92 valence electrons. The Kier molecular flexibility index (Phi) is 5.40. The monoisotopic (exact) mass is 322 g/mol. The maximum Gasteiger partial charge on any atom is -1.00 e. The Labute approximate surface area is 118 Å². The van der Waals surface area contributed by atoms with Gasteiger partial charge in [-0.2, -0.15) is 0 Å². The fraction of sp³-hybridized carbons (Fsp3) is 0.200. The van der Waals surface area contributed by atoms with Crippen LogP contribution in [0, 0.1) is 0 Å². The number of hydrogen-bond acceptors (Lipinski definition) is 0. The van der Waals surface area contributed by atoms with Gasteiger partial charge in [0.1, 0.15) is 0 Å². The van der Waals surface area contributed by atoms with Crippen molar-refractivity contribution in [3.8, 4) is 0 Å². The molecule has 1 aromatic carbocycles. The Balaban J connectivity index is 0.000000810. The molecule has 0 spiro atoms. The molecule has 0 heterocycles. The molecule has 0 nitrogen and oxygen atoms in total. The summed E-state index contributed by atoms with van der Waals surface area (Å²) in [6.45, 7) is 2.36. The minimum absolute atomic E-state index is 0. The summed E-state index contributed by atoms with van der Waals surface area (Å²) in [7, 11) is 0. The van der Waals surface area contributed by atoms with Gasteiger partial charge < -0.3 is 9.41 Å². The first-order valence-electron chi connectivity index (χ1n) is 5.78. The third-order valence-electron chi connectivity index (χ3n) is 3.32. The average Bonchev–Trinajstić information content (AvgIpc) is 2.90. The van der Waals surface area contributed by atoms with Crippen LogP contribution in [0.15, 0.2) is 49.1 Å². The molecule has 3 heteroatoms. The van der Waals surface area contributed by atoms with Crippen LogP contribution in [0.4, 0.5) is 0 Å². The summed E-state index contributed by atoms with van der Waals surface area (Å²) in [5, 5.41) is 0. The van der Waals surface area contributed by atoms with E-state index < -0.39 is 23.2 Å². The number of halogens is 2. The summed E-state index contributed by atoms with van der Waals surface area (Å²) in [6.07, 6.45) is 10.5. The van der Waals surface area contributed by atoms with E-state index in [2.05, 4.69) is 55.5 Å². The van der Waals surface area contributed by atoms with Crippen molar-refractivity contribution in [2.75, 3.05) is 0 Å². The van der Waals surface area contributed by atoms with Crippen molar-refractivity contribution < 1.29 is 32.6 Å². The molecule has 0 bridgehead atoms. The van der Waals surface area contributed by atoms with Gasteiger partial charge in [-0.25, -0.2) is 0 Å². The number of rotatable bonds is 2. The molecule has 3 rings (SSSR count). The predicted molar refractivity (Wildman–Crippen MR) is 64.7 cm³/mol. The van der Waals surface area contributed by atoms with E-state index in [-0.39, 0.29) is 9.41 Å². The van der Waals surface area contributed by atoms with Gasteiger partial charge in [0.2, 0.25) is 0 Å². The third kappa shape index (κ3) is 2.77. The minimum Gasteiger partial charge on any atom is -1.00 e. The second-order valence-corrected chi connectivity index (χ2v) is 8.01. The molecular weight excluding hydrogens is 309 g/mol. The fourth-order valence-corrected chi connectivity index (χ4v) is 5.73. The van der Waals surface area contributed by atoms with Crippen molar-refractivity contribution in [3.05, 3.63) is 60.2 Å². The molecule has 0 aromatic heterocycles. The molecule has 0 saturated heterocycles. The Bertz CT molecular complexity index is 515. The van der Waals surface area contributed by atoms with Crippen LogP contribution in [0.5, 0.6) is 0 Å². The Hall–Kier alpha value is -0.817. The molecule has 1 unspecified atom stereocenters. The molecule has 0 saturated carbocycles. The summed E-state index contributed by atoms with van der Waals surface area (Å²) in [6, 6.07) is 8.84. The van der Waals surface area contributed by atoms with Gasteiger partial charge >= 0.3 is 109 Å². The zero-order chi connectivity index (χ0) is 11.0. The molecule has 1 atom stereocenters. The van der Waals surface area contributed by atoms with Crippen LogP contribution in [0.3, 0.4) is 0 Å². The Morgan fingerprint density at radius 1 is 1.17 bits per heavy atom. The van der Waals surface area contributed by atoms with Gasteiger partial charge in [-0.15, -0.1) is 0 Å². The second-order valence-electron chi connectivity index (χ2n) is 4.40. The van der Waals surface area contributed by atoms with Gasteiger partial charge in [0, 0.05) is 0 Å². The predicted octanol–water partition coefficient (Wildman–Crippen LogP) is -1.92. The van der Waals surface area contributed by atoms with E-state index in [0.717, 1.165) is 0 Å². The molecule has 2 aliphatic rings.